The normalized spacial score (nSPS) is 29.1. The molecule has 2 aliphatic heterocycles. The lowest BCUT2D eigenvalue weighted by atomic mass is 9.90. The van der Waals surface area contributed by atoms with Gasteiger partial charge in [-0.1, -0.05) is 35.9 Å². The van der Waals surface area contributed by atoms with Crippen molar-refractivity contribution < 1.29 is 39.1 Å². The van der Waals surface area contributed by atoms with E-state index in [1.54, 1.807) is 12.1 Å². The molecule has 0 aromatic heterocycles. The Balaban J connectivity index is 1.53. The Labute approximate surface area is 203 Å². The van der Waals surface area contributed by atoms with Crippen LogP contribution in [0.2, 0.25) is 5.02 Å². The third-order valence-electron chi connectivity index (χ3n) is 6.08. The molecule has 0 amide bonds. The number of esters is 1. The molecule has 184 valence electrons. The maximum Gasteiger partial charge on any atom is 0.303 e. The third kappa shape index (κ3) is 5.71. The molecular formula is C25H29ClO8. The number of hydrogen-bond donors (Lipinski definition) is 3. The van der Waals surface area contributed by atoms with Crippen LogP contribution in [0.15, 0.2) is 42.5 Å². The lowest BCUT2D eigenvalue weighted by Crippen LogP contribution is -2.56. The molecule has 0 unspecified atom stereocenters. The molecule has 0 bridgehead atoms. The van der Waals surface area contributed by atoms with Crippen LogP contribution < -0.4 is 4.74 Å². The second kappa shape index (κ2) is 11.0. The van der Waals surface area contributed by atoms with Gasteiger partial charge >= 0.3 is 5.97 Å². The summed E-state index contributed by atoms with van der Waals surface area (Å²) in [4.78, 5) is 11.6. The zero-order chi connectivity index (χ0) is 24.2. The number of aliphatic hydroxyl groups excluding tert-OH is 3. The van der Waals surface area contributed by atoms with E-state index in [0.717, 1.165) is 29.9 Å². The Bertz CT molecular complexity index is 975. The number of carbonyl (C=O) groups is 1. The molecule has 0 radical (unpaired) electrons. The first kappa shape index (κ1) is 24.9. The van der Waals surface area contributed by atoms with E-state index in [-0.39, 0.29) is 6.10 Å². The van der Waals surface area contributed by atoms with Gasteiger partial charge in [-0.15, -0.1) is 0 Å². The van der Waals surface area contributed by atoms with Gasteiger partial charge in [0.15, 0.2) is 6.10 Å². The summed E-state index contributed by atoms with van der Waals surface area (Å²) in [6.07, 6.45) is -4.38. The van der Waals surface area contributed by atoms with Crippen LogP contribution >= 0.6 is 11.6 Å². The van der Waals surface area contributed by atoms with Gasteiger partial charge in [0.25, 0.3) is 0 Å². The van der Waals surface area contributed by atoms with Gasteiger partial charge in [-0.3, -0.25) is 4.79 Å². The van der Waals surface area contributed by atoms with E-state index in [4.69, 9.17) is 30.5 Å². The average Bonchev–Trinajstić information content (AvgIpc) is 3.33. The molecule has 9 heteroatoms. The molecule has 6 atom stereocenters. The van der Waals surface area contributed by atoms with Crippen LogP contribution in [0.5, 0.6) is 5.75 Å². The van der Waals surface area contributed by atoms with E-state index in [1.165, 1.54) is 6.92 Å². The zero-order valence-corrected chi connectivity index (χ0v) is 19.6. The summed E-state index contributed by atoms with van der Waals surface area (Å²) in [6, 6.07) is 13.0. The lowest BCUT2D eigenvalue weighted by Gasteiger charge is -2.42. The van der Waals surface area contributed by atoms with Gasteiger partial charge in [0.1, 0.15) is 36.3 Å². The zero-order valence-electron chi connectivity index (χ0n) is 18.8. The number of benzene rings is 2. The van der Waals surface area contributed by atoms with Gasteiger partial charge in [-0.2, -0.15) is 0 Å². The first-order valence-corrected chi connectivity index (χ1v) is 11.6. The monoisotopic (exact) mass is 492 g/mol. The van der Waals surface area contributed by atoms with Crippen molar-refractivity contribution in [1.82, 2.24) is 0 Å². The summed E-state index contributed by atoms with van der Waals surface area (Å²) in [5.74, 6) is 0.162. The van der Waals surface area contributed by atoms with Crippen LogP contribution in [-0.2, 0) is 25.4 Å². The summed E-state index contributed by atoms with van der Waals surface area (Å²) >= 11 is 6.46. The Hall–Kier alpha value is -2.20. The Morgan fingerprint density at radius 3 is 2.56 bits per heavy atom. The Morgan fingerprint density at radius 2 is 1.91 bits per heavy atom. The topological polar surface area (TPSA) is 115 Å². The molecule has 8 nitrogen and oxygen atoms in total. The molecule has 4 rings (SSSR count). The van der Waals surface area contributed by atoms with Crippen molar-refractivity contribution in [3.8, 4) is 5.75 Å². The highest BCUT2D eigenvalue weighted by atomic mass is 35.5. The highest BCUT2D eigenvalue weighted by Crippen LogP contribution is 2.36. The highest BCUT2D eigenvalue weighted by molar-refractivity contribution is 6.31. The summed E-state index contributed by atoms with van der Waals surface area (Å²) in [5, 5.41) is 30.9. The van der Waals surface area contributed by atoms with Gasteiger partial charge in [0.05, 0.1) is 19.8 Å². The molecule has 2 aliphatic rings. The molecule has 34 heavy (non-hydrogen) atoms. The summed E-state index contributed by atoms with van der Waals surface area (Å²) in [5.41, 5.74) is 2.43. The van der Waals surface area contributed by atoms with E-state index < -0.39 is 43.1 Å². The number of halogens is 1. The first-order valence-electron chi connectivity index (χ1n) is 11.3. The fourth-order valence-corrected chi connectivity index (χ4v) is 4.48. The van der Waals surface area contributed by atoms with Crippen LogP contribution in [0.4, 0.5) is 0 Å². The average molecular weight is 493 g/mol. The van der Waals surface area contributed by atoms with E-state index in [1.807, 2.05) is 30.3 Å². The minimum absolute atomic E-state index is 0.0780. The predicted molar refractivity (Wildman–Crippen MR) is 123 cm³/mol. The molecule has 3 N–H and O–H groups in total. The van der Waals surface area contributed by atoms with Crippen molar-refractivity contribution in [3.63, 3.8) is 0 Å². The smallest absolute Gasteiger partial charge is 0.303 e. The number of ether oxygens (including phenoxy) is 4. The van der Waals surface area contributed by atoms with Crippen LogP contribution in [-0.4, -0.2) is 71.6 Å². The van der Waals surface area contributed by atoms with Crippen LogP contribution in [0.25, 0.3) is 0 Å². The maximum absolute atomic E-state index is 11.6. The molecule has 0 aliphatic carbocycles. The van der Waals surface area contributed by atoms with Gasteiger partial charge in [0, 0.05) is 18.4 Å². The maximum atomic E-state index is 11.6. The summed E-state index contributed by atoms with van der Waals surface area (Å²) in [6.45, 7) is 2.04. The fourth-order valence-electron chi connectivity index (χ4n) is 4.29. The number of carbonyl (C=O) groups excluding carboxylic acids is 1. The van der Waals surface area contributed by atoms with E-state index in [0.29, 0.717) is 23.6 Å². The minimum Gasteiger partial charge on any atom is -0.488 e. The summed E-state index contributed by atoms with van der Waals surface area (Å²) in [7, 11) is 0. The molecular weight excluding hydrogens is 464 g/mol. The van der Waals surface area contributed by atoms with E-state index >= 15 is 0 Å². The van der Waals surface area contributed by atoms with Gasteiger partial charge < -0.3 is 34.3 Å². The van der Waals surface area contributed by atoms with Gasteiger partial charge in [-0.25, -0.2) is 0 Å². The standard InChI is InChI=1S/C25H29ClO8/c1-14(28)32-25-23(30)22(29)21(12-27)34-24(25)16-4-7-20(26)17(11-16)10-15-2-5-18(6-3-15)33-19-8-9-31-13-19/h2-7,11,19,21-25,27,29-30H,8-10,12-13H2,1H3/t19-,21+,22+,23-,24-,25+/m0/s1. The quantitative estimate of drug-likeness (QED) is 0.504. The van der Waals surface area contributed by atoms with Crippen molar-refractivity contribution in [2.45, 2.75) is 56.4 Å². The predicted octanol–water partition coefficient (Wildman–Crippen LogP) is 2.18. The van der Waals surface area contributed by atoms with Crippen molar-refractivity contribution in [3.05, 3.63) is 64.2 Å². The molecule has 2 aromatic carbocycles. The van der Waals surface area contributed by atoms with Crippen LogP contribution in [0.1, 0.15) is 36.1 Å². The number of rotatable bonds is 7. The van der Waals surface area contributed by atoms with Crippen molar-refractivity contribution in [2.75, 3.05) is 19.8 Å². The highest BCUT2D eigenvalue weighted by Gasteiger charge is 2.46. The number of aliphatic hydroxyl groups is 3. The van der Waals surface area contributed by atoms with Crippen molar-refractivity contribution in [1.29, 1.82) is 0 Å². The minimum atomic E-state index is -1.42. The second-order valence-electron chi connectivity index (χ2n) is 8.61. The molecule has 2 fully saturated rings. The molecule has 2 heterocycles. The molecule has 0 spiro atoms. The van der Waals surface area contributed by atoms with Crippen molar-refractivity contribution in [2.24, 2.45) is 0 Å². The molecule has 2 aromatic rings. The van der Waals surface area contributed by atoms with E-state index in [2.05, 4.69) is 0 Å². The molecule has 0 saturated carbocycles. The van der Waals surface area contributed by atoms with Gasteiger partial charge in [-0.05, 0) is 41.3 Å². The first-order chi connectivity index (χ1) is 16.4. The van der Waals surface area contributed by atoms with Crippen LogP contribution in [0, 0.1) is 0 Å². The second-order valence-corrected chi connectivity index (χ2v) is 9.02. The lowest BCUT2D eigenvalue weighted by molar-refractivity contribution is -0.240. The SMILES string of the molecule is CC(=O)O[C@@H]1[C@@H](O)[C@H](O)[C@@H](CO)O[C@H]1c1ccc(Cl)c(Cc2ccc(O[C@H]3CCOC3)cc2)c1. The Morgan fingerprint density at radius 1 is 1.15 bits per heavy atom. The molecule has 2 saturated heterocycles. The van der Waals surface area contributed by atoms with Crippen LogP contribution in [0.3, 0.4) is 0 Å². The number of hydrogen-bond acceptors (Lipinski definition) is 8. The fraction of sp³-hybridized carbons (Fsp3) is 0.480. The van der Waals surface area contributed by atoms with E-state index in [9.17, 15) is 20.1 Å². The Kier molecular flexibility index (Phi) is 8.08. The largest absolute Gasteiger partial charge is 0.488 e. The van der Waals surface area contributed by atoms with Crippen molar-refractivity contribution >= 4 is 17.6 Å². The third-order valence-corrected chi connectivity index (χ3v) is 6.44. The summed E-state index contributed by atoms with van der Waals surface area (Å²) < 4.78 is 22.4. The van der Waals surface area contributed by atoms with Gasteiger partial charge in [0.2, 0.25) is 0 Å².